The fourth-order valence-corrected chi connectivity index (χ4v) is 1.83. The van der Waals surface area contributed by atoms with Crippen LogP contribution in [0.3, 0.4) is 0 Å². The maximum atomic E-state index is 13.0. The third-order valence-corrected chi connectivity index (χ3v) is 2.86. The second kappa shape index (κ2) is 5.15. The molecule has 1 aromatic heterocycles. The van der Waals surface area contributed by atoms with Crippen molar-refractivity contribution >= 4 is 5.97 Å². The van der Waals surface area contributed by atoms with Crippen molar-refractivity contribution in [3.63, 3.8) is 0 Å². The number of halogens is 1. The summed E-state index contributed by atoms with van der Waals surface area (Å²) in [6.45, 7) is 2.10. The zero-order valence-electron chi connectivity index (χ0n) is 10.3. The van der Waals surface area contributed by atoms with Crippen LogP contribution in [0.1, 0.15) is 27.3 Å². The van der Waals surface area contributed by atoms with Gasteiger partial charge in [0.05, 0.1) is 12.2 Å². The number of nitrogens with zero attached hydrogens (tertiary/aromatic N) is 3. The van der Waals surface area contributed by atoms with Gasteiger partial charge in [-0.1, -0.05) is 11.3 Å². The van der Waals surface area contributed by atoms with E-state index in [0.29, 0.717) is 12.2 Å². The van der Waals surface area contributed by atoms with E-state index in [2.05, 4.69) is 10.3 Å². The van der Waals surface area contributed by atoms with Crippen molar-refractivity contribution < 1.29 is 14.3 Å². The minimum absolute atomic E-state index is 0.0227. The molecule has 19 heavy (non-hydrogen) atoms. The van der Waals surface area contributed by atoms with Crippen molar-refractivity contribution in [3.05, 3.63) is 46.5 Å². The molecule has 0 bridgehead atoms. The Hall–Kier alpha value is -2.28. The molecule has 7 heteroatoms. The first-order chi connectivity index (χ1) is 9.02. The number of aromatic carboxylic acids is 1. The lowest BCUT2D eigenvalue weighted by Gasteiger charge is -2.08. The van der Waals surface area contributed by atoms with E-state index in [1.807, 2.05) is 0 Å². The molecular weight excluding hydrogens is 251 g/mol. The molecule has 0 aliphatic carbocycles. The lowest BCUT2D eigenvalue weighted by Crippen LogP contribution is -2.13. The zero-order chi connectivity index (χ0) is 14.0. The molecule has 2 aromatic rings. The first-order valence-corrected chi connectivity index (χ1v) is 5.63. The SMILES string of the molecule is Cc1cc(F)ccc1Cn1nnc(C(=O)O)c1CN. The standard InChI is InChI=1S/C12H13FN4O2/c1-7-4-9(13)3-2-8(7)6-17-10(5-14)11(12(18)19)15-16-17/h2-4H,5-6,14H2,1H3,(H,18,19). The summed E-state index contributed by atoms with van der Waals surface area (Å²) in [6, 6.07) is 4.39. The summed E-state index contributed by atoms with van der Waals surface area (Å²) >= 11 is 0. The Morgan fingerprint density at radius 1 is 1.53 bits per heavy atom. The van der Waals surface area contributed by atoms with Gasteiger partial charge >= 0.3 is 5.97 Å². The lowest BCUT2D eigenvalue weighted by molar-refractivity contribution is 0.0689. The second-order valence-corrected chi connectivity index (χ2v) is 4.12. The first-order valence-electron chi connectivity index (χ1n) is 5.63. The van der Waals surface area contributed by atoms with Crippen molar-refractivity contribution in [2.24, 2.45) is 5.73 Å². The minimum atomic E-state index is -1.16. The van der Waals surface area contributed by atoms with Crippen LogP contribution in [0, 0.1) is 12.7 Å². The predicted octanol–water partition coefficient (Wildman–Crippen LogP) is 0.931. The molecule has 0 saturated carbocycles. The highest BCUT2D eigenvalue weighted by Gasteiger charge is 2.18. The van der Waals surface area contributed by atoms with Crippen LogP contribution in [-0.4, -0.2) is 26.1 Å². The summed E-state index contributed by atoms with van der Waals surface area (Å²) in [5.74, 6) is -1.48. The number of nitrogens with two attached hydrogens (primary N) is 1. The van der Waals surface area contributed by atoms with E-state index >= 15 is 0 Å². The van der Waals surface area contributed by atoms with Crippen LogP contribution in [0.2, 0.25) is 0 Å². The van der Waals surface area contributed by atoms with E-state index in [-0.39, 0.29) is 18.1 Å². The van der Waals surface area contributed by atoms with Gasteiger partial charge in [0.1, 0.15) is 5.82 Å². The largest absolute Gasteiger partial charge is 0.476 e. The molecule has 0 radical (unpaired) electrons. The van der Waals surface area contributed by atoms with Crippen LogP contribution < -0.4 is 5.73 Å². The van der Waals surface area contributed by atoms with Crippen LogP contribution in [0.25, 0.3) is 0 Å². The quantitative estimate of drug-likeness (QED) is 0.856. The summed E-state index contributed by atoms with van der Waals surface area (Å²) in [5, 5.41) is 16.3. The molecule has 3 N–H and O–H groups in total. The number of rotatable bonds is 4. The minimum Gasteiger partial charge on any atom is -0.476 e. The Kier molecular flexibility index (Phi) is 3.57. The number of hydrogen-bond acceptors (Lipinski definition) is 4. The van der Waals surface area contributed by atoms with Crippen LogP contribution in [0.15, 0.2) is 18.2 Å². The van der Waals surface area contributed by atoms with E-state index < -0.39 is 5.97 Å². The molecule has 0 fully saturated rings. The Labute approximate surface area is 108 Å². The fourth-order valence-electron chi connectivity index (χ4n) is 1.83. The van der Waals surface area contributed by atoms with Crippen molar-refractivity contribution in [3.8, 4) is 0 Å². The van der Waals surface area contributed by atoms with E-state index in [1.165, 1.54) is 16.8 Å². The van der Waals surface area contributed by atoms with Gasteiger partial charge < -0.3 is 10.8 Å². The smallest absolute Gasteiger partial charge is 0.358 e. The van der Waals surface area contributed by atoms with Gasteiger partial charge in [-0.15, -0.1) is 5.10 Å². The third-order valence-electron chi connectivity index (χ3n) is 2.86. The summed E-state index contributed by atoms with van der Waals surface area (Å²) < 4.78 is 14.4. The van der Waals surface area contributed by atoms with Gasteiger partial charge in [-0.05, 0) is 30.2 Å². The fraction of sp³-hybridized carbons (Fsp3) is 0.250. The Balaban J connectivity index is 2.35. The topological polar surface area (TPSA) is 94.0 Å². The third kappa shape index (κ3) is 2.60. The number of aromatic nitrogens is 3. The predicted molar refractivity (Wildman–Crippen MR) is 65.1 cm³/mol. The molecule has 0 aliphatic rings. The number of benzene rings is 1. The number of hydrogen-bond donors (Lipinski definition) is 2. The molecule has 0 atom stereocenters. The number of carboxylic acids is 1. The Bertz CT molecular complexity index is 624. The molecule has 100 valence electrons. The molecule has 0 spiro atoms. The van der Waals surface area contributed by atoms with E-state index in [0.717, 1.165) is 11.1 Å². The average Bonchev–Trinajstić information content (AvgIpc) is 2.75. The molecule has 0 unspecified atom stereocenters. The van der Waals surface area contributed by atoms with E-state index in [4.69, 9.17) is 10.8 Å². The normalized spacial score (nSPS) is 10.7. The van der Waals surface area contributed by atoms with Crippen molar-refractivity contribution in [2.45, 2.75) is 20.0 Å². The lowest BCUT2D eigenvalue weighted by atomic mass is 10.1. The summed E-state index contributed by atoms with van der Waals surface area (Å²) in [6.07, 6.45) is 0. The maximum Gasteiger partial charge on any atom is 0.358 e. The van der Waals surface area contributed by atoms with E-state index in [1.54, 1.807) is 13.0 Å². The molecule has 0 amide bonds. The highest BCUT2D eigenvalue weighted by atomic mass is 19.1. The van der Waals surface area contributed by atoms with Crippen LogP contribution >= 0.6 is 0 Å². The first kappa shape index (κ1) is 13.2. The number of carbonyl (C=O) groups is 1. The van der Waals surface area contributed by atoms with Gasteiger partial charge in [-0.3, -0.25) is 0 Å². The summed E-state index contributed by atoms with van der Waals surface area (Å²) in [5.41, 5.74) is 7.31. The van der Waals surface area contributed by atoms with Gasteiger partial charge in [0.15, 0.2) is 5.69 Å². The number of carboxylic acid groups (broad SMARTS) is 1. The van der Waals surface area contributed by atoms with Crippen LogP contribution in [0.5, 0.6) is 0 Å². The molecule has 2 rings (SSSR count). The van der Waals surface area contributed by atoms with Gasteiger partial charge in [-0.2, -0.15) is 0 Å². The molecule has 6 nitrogen and oxygen atoms in total. The zero-order valence-corrected chi connectivity index (χ0v) is 10.3. The van der Waals surface area contributed by atoms with Gasteiger partial charge in [0.2, 0.25) is 0 Å². The second-order valence-electron chi connectivity index (χ2n) is 4.12. The van der Waals surface area contributed by atoms with E-state index in [9.17, 15) is 9.18 Å². The van der Waals surface area contributed by atoms with Crippen molar-refractivity contribution in [1.29, 1.82) is 0 Å². The maximum absolute atomic E-state index is 13.0. The number of aryl methyl sites for hydroxylation is 1. The van der Waals surface area contributed by atoms with Crippen molar-refractivity contribution in [2.75, 3.05) is 0 Å². The molecule has 1 aromatic carbocycles. The van der Waals surface area contributed by atoms with Gasteiger partial charge in [-0.25, -0.2) is 13.9 Å². The van der Waals surface area contributed by atoms with Gasteiger partial charge in [0, 0.05) is 6.54 Å². The Morgan fingerprint density at radius 2 is 2.26 bits per heavy atom. The molecule has 0 aliphatic heterocycles. The average molecular weight is 264 g/mol. The monoisotopic (exact) mass is 264 g/mol. The highest BCUT2D eigenvalue weighted by molar-refractivity contribution is 5.86. The summed E-state index contributed by atoms with van der Waals surface area (Å²) in [7, 11) is 0. The molecule has 0 saturated heterocycles. The van der Waals surface area contributed by atoms with Crippen LogP contribution in [-0.2, 0) is 13.1 Å². The van der Waals surface area contributed by atoms with Crippen LogP contribution in [0.4, 0.5) is 4.39 Å². The van der Waals surface area contributed by atoms with Gasteiger partial charge in [0.25, 0.3) is 0 Å². The molecule has 1 heterocycles. The van der Waals surface area contributed by atoms with Crippen molar-refractivity contribution in [1.82, 2.24) is 15.0 Å². The molecular formula is C12H13FN4O2. The highest BCUT2D eigenvalue weighted by Crippen LogP contribution is 2.13. The summed E-state index contributed by atoms with van der Waals surface area (Å²) in [4.78, 5) is 10.9. The Morgan fingerprint density at radius 3 is 2.84 bits per heavy atom.